The maximum absolute atomic E-state index is 11.5. The molecule has 0 spiro atoms. The first-order chi connectivity index (χ1) is 16.6. The Morgan fingerprint density at radius 2 is 2.00 bits per heavy atom. The molecule has 172 valence electrons. The Hall–Kier alpha value is -3.58. The first kappa shape index (κ1) is 23.6. The molecule has 1 N–H and O–H groups in total. The lowest BCUT2D eigenvalue weighted by Crippen LogP contribution is -2.29. The van der Waals surface area contributed by atoms with Crippen molar-refractivity contribution in [1.82, 2.24) is 4.90 Å². The molecule has 1 atom stereocenters. The zero-order valence-corrected chi connectivity index (χ0v) is 19.9. The lowest BCUT2D eigenvalue weighted by Gasteiger charge is -2.26. The van der Waals surface area contributed by atoms with Gasteiger partial charge in [0.05, 0.1) is 5.92 Å². The largest absolute Gasteiger partial charge is 0.489 e. The molecule has 0 fully saturated rings. The third-order valence-corrected chi connectivity index (χ3v) is 7.06. The van der Waals surface area contributed by atoms with Gasteiger partial charge in [-0.2, -0.15) is 5.26 Å². The van der Waals surface area contributed by atoms with Crippen molar-refractivity contribution in [3.05, 3.63) is 86.6 Å². The van der Waals surface area contributed by atoms with E-state index in [0.29, 0.717) is 18.8 Å². The Balaban J connectivity index is 1.34. The van der Waals surface area contributed by atoms with E-state index in [9.17, 15) is 9.90 Å². The van der Waals surface area contributed by atoms with Crippen LogP contribution in [-0.4, -0.2) is 22.5 Å². The zero-order chi connectivity index (χ0) is 23.9. The number of hydrogen-bond acceptors (Lipinski definition) is 5. The van der Waals surface area contributed by atoms with Gasteiger partial charge in [0.15, 0.2) is 0 Å². The summed E-state index contributed by atoms with van der Waals surface area (Å²) in [4.78, 5) is 16.1. The zero-order valence-electron chi connectivity index (χ0n) is 19.1. The van der Waals surface area contributed by atoms with E-state index in [0.717, 1.165) is 42.1 Å². The van der Waals surface area contributed by atoms with Crippen molar-refractivity contribution in [3.8, 4) is 23.7 Å². The molecule has 0 aliphatic carbocycles. The van der Waals surface area contributed by atoms with Gasteiger partial charge >= 0.3 is 5.97 Å². The molecule has 0 radical (unpaired) electrons. The molecule has 1 aromatic heterocycles. The minimum Gasteiger partial charge on any atom is -0.489 e. The molecule has 34 heavy (non-hydrogen) atoms. The summed E-state index contributed by atoms with van der Waals surface area (Å²) in [6, 6.07) is 19.9. The predicted octanol–water partition coefficient (Wildman–Crippen LogP) is 5.34. The third-order valence-electron chi connectivity index (χ3n) is 5.92. The van der Waals surface area contributed by atoms with E-state index < -0.39 is 11.9 Å². The van der Waals surface area contributed by atoms with Crippen molar-refractivity contribution in [1.29, 1.82) is 5.26 Å². The van der Waals surface area contributed by atoms with Crippen molar-refractivity contribution in [2.75, 3.05) is 6.54 Å². The molecule has 0 amide bonds. The number of fused-ring (bicyclic) bond motifs is 1. The summed E-state index contributed by atoms with van der Waals surface area (Å²) in [5, 5.41) is 18.6. The number of thiophene rings is 1. The van der Waals surface area contributed by atoms with Crippen LogP contribution in [0.15, 0.2) is 54.6 Å². The number of nitrogens with zero attached hydrogens (tertiary/aromatic N) is 2. The van der Waals surface area contributed by atoms with Gasteiger partial charge in [0.25, 0.3) is 0 Å². The monoisotopic (exact) mass is 470 g/mol. The molecule has 1 aliphatic rings. The second-order valence-corrected chi connectivity index (χ2v) is 9.47. The van der Waals surface area contributed by atoms with Gasteiger partial charge in [0.1, 0.15) is 23.3 Å². The maximum atomic E-state index is 11.5. The highest BCUT2D eigenvalue weighted by atomic mass is 32.1. The van der Waals surface area contributed by atoms with E-state index >= 15 is 0 Å². The van der Waals surface area contributed by atoms with Crippen molar-refractivity contribution >= 4 is 17.3 Å². The van der Waals surface area contributed by atoms with Crippen LogP contribution in [0, 0.1) is 23.2 Å². The van der Waals surface area contributed by atoms with Crippen LogP contribution in [0.5, 0.6) is 5.75 Å². The number of benzene rings is 2. The second-order valence-electron chi connectivity index (χ2n) is 8.33. The number of nitriles is 1. The minimum absolute atomic E-state index is 0.295. The van der Waals surface area contributed by atoms with E-state index in [1.165, 1.54) is 16.0 Å². The average molecular weight is 471 g/mol. The standard InChI is InChI=1S/C28H26N2O3S/c1-2-3-7-26(28(31)32)22-8-10-24(11-9-22)33-19-21-6-4-5-20(14-21)17-30-13-12-27-23(18-30)15-25(16-29)34-27/h4-6,8-11,14-15,26H,7,12-13,17-19H2,1H3,(H,31,32). The van der Waals surface area contributed by atoms with Crippen LogP contribution in [0.1, 0.15) is 51.3 Å². The lowest BCUT2D eigenvalue weighted by molar-refractivity contribution is -0.138. The Morgan fingerprint density at radius 1 is 1.21 bits per heavy atom. The van der Waals surface area contributed by atoms with Gasteiger partial charge in [0.2, 0.25) is 0 Å². The lowest BCUT2D eigenvalue weighted by atomic mass is 9.96. The average Bonchev–Trinajstić information content (AvgIpc) is 3.26. The number of ether oxygens (including phenoxy) is 1. The normalized spacial score (nSPS) is 13.8. The van der Waals surface area contributed by atoms with Gasteiger partial charge in [-0.3, -0.25) is 9.69 Å². The number of hydrogen-bond donors (Lipinski definition) is 1. The van der Waals surface area contributed by atoms with Gasteiger partial charge in [0, 0.05) is 30.9 Å². The fraction of sp³-hybridized carbons (Fsp3) is 0.286. The quantitative estimate of drug-likeness (QED) is 0.450. The van der Waals surface area contributed by atoms with E-state index in [4.69, 9.17) is 10.00 Å². The Labute approximate surface area is 204 Å². The smallest absolute Gasteiger partial charge is 0.311 e. The van der Waals surface area contributed by atoms with Crippen LogP contribution in [0.3, 0.4) is 0 Å². The Kier molecular flexibility index (Phi) is 7.65. The van der Waals surface area contributed by atoms with Crippen LogP contribution in [-0.2, 0) is 30.9 Å². The van der Waals surface area contributed by atoms with Crippen molar-refractivity contribution in [2.24, 2.45) is 0 Å². The van der Waals surface area contributed by atoms with Crippen LogP contribution in [0.4, 0.5) is 0 Å². The van der Waals surface area contributed by atoms with E-state index in [-0.39, 0.29) is 0 Å². The van der Waals surface area contributed by atoms with Crippen molar-refractivity contribution < 1.29 is 14.6 Å². The van der Waals surface area contributed by atoms with Gasteiger partial charge in [-0.25, -0.2) is 0 Å². The molecule has 2 aromatic carbocycles. The Bertz CT molecular complexity index is 1260. The second kappa shape index (κ2) is 11.0. The topological polar surface area (TPSA) is 73.6 Å². The number of carbonyl (C=O) groups is 1. The summed E-state index contributed by atoms with van der Waals surface area (Å²) >= 11 is 1.62. The summed E-state index contributed by atoms with van der Waals surface area (Å²) in [5.74, 6) is 4.81. The molecule has 0 bridgehead atoms. The minimum atomic E-state index is -0.873. The molecule has 1 aliphatic heterocycles. The summed E-state index contributed by atoms with van der Waals surface area (Å²) in [5.41, 5.74) is 4.32. The van der Waals surface area contributed by atoms with Gasteiger partial charge < -0.3 is 9.84 Å². The molecule has 2 heterocycles. The van der Waals surface area contributed by atoms with Gasteiger partial charge in [-0.05, 0) is 53.8 Å². The molecule has 1 unspecified atom stereocenters. The highest BCUT2D eigenvalue weighted by molar-refractivity contribution is 7.12. The molecule has 4 rings (SSSR count). The first-order valence-corrected chi connectivity index (χ1v) is 12.0. The van der Waals surface area contributed by atoms with Gasteiger partial charge in [-0.15, -0.1) is 23.2 Å². The highest BCUT2D eigenvalue weighted by Crippen LogP contribution is 2.28. The van der Waals surface area contributed by atoms with Crippen molar-refractivity contribution in [2.45, 2.75) is 45.4 Å². The first-order valence-electron chi connectivity index (χ1n) is 11.2. The van der Waals surface area contributed by atoms with Crippen LogP contribution < -0.4 is 4.74 Å². The molecular formula is C28H26N2O3S. The summed E-state index contributed by atoms with van der Waals surface area (Å²) in [6.45, 7) is 4.88. The molecule has 5 nitrogen and oxygen atoms in total. The Morgan fingerprint density at radius 3 is 2.74 bits per heavy atom. The fourth-order valence-corrected chi connectivity index (χ4v) is 5.13. The summed E-state index contributed by atoms with van der Waals surface area (Å²) < 4.78 is 5.96. The number of carboxylic acid groups (broad SMARTS) is 1. The number of aliphatic carboxylic acids is 1. The van der Waals surface area contributed by atoms with Crippen LogP contribution in [0.25, 0.3) is 0 Å². The van der Waals surface area contributed by atoms with E-state index in [1.807, 2.05) is 24.3 Å². The summed E-state index contributed by atoms with van der Waals surface area (Å²) in [7, 11) is 0. The molecule has 0 saturated heterocycles. The van der Waals surface area contributed by atoms with Crippen LogP contribution >= 0.6 is 11.3 Å². The number of carboxylic acids is 1. The highest BCUT2D eigenvalue weighted by Gasteiger charge is 2.20. The third kappa shape index (κ3) is 5.85. The van der Waals surface area contributed by atoms with Crippen LogP contribution in [0.2, 0.25) is 0 Å². The van der Waals surface area contributed by atoms with E-state index in [1.54, 1.807) is 30.4 Å². The molecule has 0 saturated carbocycles. The van der Waals surface area contributed by atoms with Gasteiger partial charge in [-0.1, -0.05) is 36.4 Å². The number of rotatable bonds is 8. The molecule has 6 heteroatoms. The van der Waals surface area contributed by atoms with Crippen molar-refractivity contribution in [3.63, 3.8) is 0 Å². The SMILES string of the molecule is CC#CCC(C(=O)O)c1ccc(OCc2cccc(CN3CCc4sc(C#N)cc4C3)c2)cc1. The fourth-order valence-electron chi connectivity index (χ4n) is 4.17. The maximum Gasteiger partial charge on any atom is 0.311 e. The summed E-state index contributed by atoms with van der Waals surface area (Å²) in [6.07, 6.45) is 1.29. The van der Waals surface area contributed by atoms with E-state index in [2.05, 4.69) is 41.0 Å². The molecule has 3 aromatic rings. The predicted molar refractivity (Wildman–Crippen MR) is 133 cm³/mol. The molecular weight excluding hydrogens is 444 g/mol.